The Morgan fingerprint density at radius 3 is 3.00 bits per heavy atom. The zero-order valence-corrected chi connectivity index (χ0v) is 14.0. The van der Waals surface area contributed by atoms with Gasteiger partial charge in [0.25, 0.3) is 5.91 Å². The number of likely N-dealkylation sites (tertiary alicyclic amines) is 2. The Labute approximate surface area is 141 Å². The van der Waals surface area contributed by atoms with Crippen LogP contribution in [0.2, 0.25) is 0 Å². The van der Waals surface area contributed by atoms with Crippen molar-refractivity contribution >= 4 is 11.8 Å². The Balaban J connectivity index is 1.42. The first kappa shape index (κ1) is 15.6. The molecule has 128 valence electrons. The molecule has 3 saturated heterocycles. The molecule has 1 aromatic rings. The first-order chi connectivity index (χ1) is 11.6. The van der Waals surface area contributed by atoms with Crippen molar-refractivity contribution in [1.29, 1.82) is 0 Å². The van der Waals surface area contributed by atoms with E-state index < -0.39 is 0 Å². The summed E-state index contributed by atoms with van der Waals surface area (Å²) in [4.78, 5) is 32.5. The van der Waals surface area contributed by atoms with Crippen LogP contribution in [-0.4, -0.2) is 65.5 Å². The number of hydrogen-bond acceptors (Lipinski definition) is 4. The number of hydrogen-bond donors (Lipinski definition) is 0. The molecule has 4 heterocycles. The molecule has 0 aromatic carbocycles. The molecule has 3 fully saturated rings. The van der Waals surface area contributed by atoms with Gasteiger partial charge in [0.2, 0.25) is 5.91 Å². The summed E-state index contributed by atoms with van der Waals surface area (Å²) in [6.45, 7) is 5.63. The molecule has 6 heteroatoms. The van der Waals surface area contributed by atoms with Crippen molar-refractivity contribution in [1.82, 2.24) is 14.8 Å². The number of ether oxygens (including phenoxy) is 1. The largest absolute Gasteiger partial charge is 0.376 e. The molecule has 0 bridgehead atoms. The van der Waals surface area contributed by atoms with Crippen molar-refractivity contribution in [3.8, 4) is 0 Å². The van der Waals surface area contributed by atoms with Crippen LogP contribution in [0, 0.1) is 18.8 Å². The van der Waals surface area contributed by atoms with Crippen LogP contribution in [0.15, 0.2) is 18.5 Å². The standard InChI is InChI=1S/C18H23N3O3/c1-12-5-13(7-19-6-12)18(23)21-9-15-14(11-24-16(15)10-21)8-20-4-2-3-17(20)22/h5-7,14-16H,2-4,8-11H2,1H3/t14-,15-,16-/m1/s1. The van der Waals surface area contributed by atoms with Crippen LogP contribution in [0.1, 0.15) is 28.8 Å². The van der Waals surface area contributed by atoms with E-state index >= 15 is 0 Å². The van der Waals surface area contributed by atoms with E-state index in [9.17, 15) is 9.59 Å². The van der Waals surface area contributed by atoms with Crippen LogP contribution in [-0.2, 0) is 9.53 Å². The van der Waals surface area contributed by atoms with Crippen molar-refractivity contribution < 1.29 is 14.3 Å². The van der Waals surface area contributed by atoms with Gasteiger partial charge in [0.15, 0.2) is 0 Å². The van der Waals surface area contributed by atoms with Gasteiger partial charge in [0.05, 0.1) is 18.3 Å². The minimum atomic E-state index is 0.0280. The van der Waals surface area contributed by atoms with Crippen LogP contribution in [0.3, 0.4) is 0 Å². The van der Waals surface area contributed by atoms with Crippen LogP contribution in [0.25, 0.3) is 0 Å². The second-order valence-corrected chi connectivity index (χ2v) is 7.20. The number of pyridine rings is 1. The monoisotopic (exact) mass is 329 g/mol. The third kappa shape index (κ3) is 2.79. The Hall–Kier alpha value is -1.95. The number of aromatic nitrogens is 1. The zero-order chi connectivity index (χ0) is 16.7. The molecule has 2 amide bonds. The normalized spacial score (nSPS) is 29.4. The van der Waals surface area contributed by atoms with Crippen molar-refractivity contribution in [2.24, 2.45) is 11.8 Å². The van der Waals surface area contributed by atoms with Crippen LogP contribution >= 0.6 is 0 Å². The van der Waals surface area contributed by atoms with Gasteiger partial charge in [0, 0.05) is 56.8 Å². The number of amides is 2. The lowest BCUT2D eigenvalue weighted by Crippen LogP contribution is -2.36. The summed E-state index contributed by atoms with van der Waals surface area (Å²) < 4.78 is 5.93. The lowest BCUT2D eigenvalue weighted by Gasteiger charge is -2.24. The van der Waals surface area contributed by atoms with Crippen molar-refractivity contribution in [3.63, 3.8) is 0 Å². The Bertz CT molecular complexity index is 663. The molecule has 3 aliphatic rings. The van der Waals surface area contributed by atoms with E-state index in [4.69, 9.17) is 4.74 Å². The first-order valence-corrected chi connectivity index (χ1v) is 8.72. The van der Waals surface area contributed by atoms with E-state index in [-0.39, 0.29) is 17.9 Å². The molecule has 6 nitrogen and oxygen atoms in total. The van der Waals surface area contributed by atoms with Crippen LogP contribution in [0.5, 0.6) is 0 Å². The highest BCUT2D eigenvalue weighted by molar-refractivity contribution is 5.94. The predicted octanol–water partition coefficient (Wildman–Crippen LogP) is 1.10. The highest BCUT2D eigenvalue weighted by Crippen LogP contribution is 2.35. The molecule has 0 spiro atoms. The van der Waals surface area contributed by atoms with E-state index in [1.807, 2.05) is 22.8 Å². The summed E-state index contributed by atoms with van der Waals surface area (Å²) in [5.74, 6) is 0.959. The minimum absolute atomic E-state index is 0.0280. The molecule has 0 radical (unpaired) electrons. The first-order valence-electron chi connectivity index (χ1n) is 8.72. The van der Waals surface area contributed by atoms with Gasteiger partial charge in [-0.05, 0) is 25.0 Å². The summed E-state index contributed by atoms with van der Waals surface area (Å²) in [6, 6.07) is 1.88. The number of aryl methyl sites for hydroxylation is 1. The molecule has 3 atom stereocenters. The van der Waals surface area contributed by atoms with Crippen molar-refractivity contribution in [2.75, 3.05) is 32.8 Å². The van der Waals surface area contributed by atoms with E-state index in [2.05, 4.69) is 4.98 Å². The smallest absolute Gasteiger partial charge is 0.255 e. The minimum Gasteiger partial charge on any atom is -0.376 e. The average molecular weight is 329 g/mol. The van der Waals surface area contributed by atoms with Crippen molar-refractivity contribution in [3.05, 3.63) is 29.6 Å². The Kier molecular flexibility index (Phi) is 4.00. The summed E-state index contributed by atoms with van der Waals surface area (Å²) in [6.07, 6.45) is 5.12. The third-order valence-corrected chi connectivity index (χ3v) is 5.47. The fourth-order valence-electron chi connectivity index (χ4n) is 4.19. The Morgan fingerprint density at radius 2 is 2.25 bits per heavy atom. The highest BCUT2D eigenvalue weighted by atomic mass is 16.5. The van der Waals surface area contributed by atoms with Gasteiger partial charge in [-0.1, -0.05) is 0 Å². The zero-order valence-electron chi connectivity index (χ0n) is 14.0. The summed E-state index contributed by atoms with van der Waals surface area (Å²) in [5, 5.41) is 0. The molecule has 4 rings (SSSR count). The Morgan fingerprint density at radius 1 is 1.38 bits per heavy atom. The molecule has 0 unspecified atom stereocenters. The van der Waals surface area contributed by atoms with Gasteiger partial charge in [-0.25, -0.2) is 0 Å². The SMILES string of the molecule is Cc1cncc(C(=O)N2C[C@@H]3[C@H](CN4CCCC4=O)CO[C@@H]3C2)c1. The highest BCUT2D eigenvalue weighted by Gasteiger charge is 2.46. The van der Waals surface area contributed by atoms with E-state index in [0.717, 1.165) is 25.1 Å². The summed E-state index contributed by atoms with van der Waals surface area (Å²) in [5.41, 5.74) is 1.63. The second kappa shape index (κ2) is 6.16. The number of fused-ring (bicyclic) bond motifs is 1. The van der Waals surface area contributed by atoms with E-state index in [1.54, 1.807) is 12.4 Å². The van der Waals surface area contributed by atoms with Gasteiger partial charge < -0.3 is 14.5 Å². The molecule has 24 heavy (non-hydrogen) atoms. The van der Waals surface area contributed by atoms with Gasteiger partial charge in [0.1, 0.15) is 0 Å². The van der Waals surface area contributed by atoms with E-state index in [0.29, 0.717) is 43.5 Å². The lowest BCUT2D eigenvalue weighted by molar-refractivity contribution is -0.128. The second-order valence-electron chi connectivity index (χ2n) is 7.20. The molecular weight excluding hydrogens is 306 g/mol. The van der Waals surface area contributed by atoms with Crippen molar-refractivity contribution in [2.45, 2.75) is 25.9 Å². The number of carbonyl (C=O) groups excluding carboxylic acids is 2. The maximum absolute atomic E-state index is 12.7. The molecule has 0 saturated carbocycles. The number of rotatable bonds is 3. The van der Waals surface area contributed by atoms with Gasteiger partial charge in [-0.15, -0.1) is 0 Å². The number of nitrogens with zero attached hydrogens (tertiary/aromatic N) is 3. The summed E-state index contributed by atoms with van der Waals surface area (Å²) in [7, 11) is 0. The molecular formula is C18H23N3O3. The quantitative estimate of drug-likeness (QED) is 0.833. The maximum Gasteiger partial charge on any atom is 0.255 e. The third-order valence-electron chi connectivity index (χ3n) is 5.47. The molecule has 1 aromatic heterocycles. The molecule has 3 aliphatic heterocycles. The fraction of sp³-hybridized carbons (Fsp3) is 0.611. The van der Waals surface area contributed by atoms with Crippen LogP contribution in [0.4, 0.5) is 0 Å². The molecule has 0 N–H and O–H groups in total. The predicted molar refractivity (Wildman–Crippen MR) is 87.4 cm³/mol. The number of carbonyl (C=O) groups is 2. The summed E-state index contributed by atoms with van der Waals surface area (Å²) >= 11 is 0. The molecule has 0 aliphatic carbocycles. The van der Waals surface area contributed by atoms with Crippen LogP contribution < -0.4 is 0 Å². The van der Waals surface area contributed by atoms with Gasteiger partial charge >= 0.3 is 0 Å². The topological polar surface area (TPSA) is 62.7 Å². The lowest BCUT2D eigenvalue weighted by atomic mass is 9.93. The fourth-order valence-corrected chi connectivity index (χ4v) is 4.19. The van der Waals surface area contributed by atoms with Gasteiger partial charge in [-0.3, -0.25) is 14.6 Å². The van der Waals surface area contributed by atoms with E-state index in [1.165, 1.54) is 0 Å². The maximum atomic E-state index is 12.7. The average Bonchev–Trinajstić information content (AvgIpc) is 3.25. The van der Waals surface area contributed by atoms with Gasteiger partial charge in [-0.2, -0.15) is 0 Å².